The molecule has 0 aliphatic rings. The first-order valence-electron chi connectivity index (χ1n) is 6.10. The van der Waals surface area contributed by atoms with Crippen LogP contribution in [0.2, 0.25) is 0 Å². The molecule has 1 aromatic heterocycles. The maximum atomic E-state index is 5.78. The van der Waals surface area contributed by atoms with Crippen molar-refractivity contribution in [1.82, 2.24) is 4.98 Å². The van der Waals surface area contributed by atoms with Crippen molar-refractivity contribution in [2.45, 2.75) is 13.3 Å². The minimum atomic E-state index is 0.354. The summed E-state index contributed by atoms with van der Waals surface area (Å²) in [4.78, 5) is 4.61. The van der Waals surface area contributed by atoms with Gasteiger partial charge in [0.1, 0.15) is 10.7 Å². The van der Waals surface area contributed by atoms with Crippen LogP contribution >= 0.6 is 12.2 Å². The van der Waals surface area contributed by atoms with E-state index < -0.39 is 0 Å². The molecule has 1 aromatic carbocycles. The Hall–Kier alpha value is -1.94. The average molecular weight is 272 g/mol. The summed E-state index contributed by atoms with van der Waals surface area (Å²) in [6.45, 7) is 2.56. The molecule has 0 fully saturated rings. The number of nitrogens with two attached hydrogens (primary N) is 1. The molecule has 19 heavy (non-hydrogen) atoms. The summed E-state index contributed by atoms with van der Waals surface area (Å²) in [5.41, 5.74) is 8.59. The van der Waals surface area contributed by atoms with Gasteiger partial charge >= 0.3 is 0 Å². The summed E-state index contributed by atoms with van der Waals surface area (Å²) in [6.07, 6.45) is 2.54. The number of aryl methyl sites for hydroxylation is 1. The Bertz CT molecular complexity index is 570. The topological polar surface area (TPSA) is 48.1 Å². The van der Waals surface area contributed by atoms with Crippen LogP contribution in [0.1, 0.15) is 16.8 Å². The van der Waals surface area contributed by atoms with E-state index in [9.17, 15) is 0 Å². The van der Waals surface area contributed by atoms with Crippen molar-refractivity contribution in [3.8, 4) is 5.75 Å². The van der Waals surface area contributed by atoms with Crippen molar-refractivity contribution in [3.05, 3.63) is 59.4 Å². The number of hydrogen-bond donors (Lipinski definition) is 1. The molecule has 2 N–H and O–H groups in total. The van der Waals surface area contributed by atoms with Gasteiger partial charge in [-0.25, -0.2) is 0 Å². The Morgan fingerprint density at radius 3 is 2.84 bits per heavy atom. The molecule has 0 amide bonds. The van der Waals surface area contributed by atoms with Gasteiger partial charge in [0.25, 0.3) is 0 Å². The Kier molecular flexibility index (Phi) is 4.47. The molecule has 0 radical (unpaired) electrons. The summed E-state index contributed by atoms with van der Waals surface area (Å²) in [5.74, 6) is 0.739. The summed E-state index contributed by atoms with van der Waals surface area (Å²) in [6, 6.07) is 11.7. The van der Waals surface area contributed by atoms with Crippen LogP contribution < -0.4 is 10.5 Å². The predicted molar refractivity (Wildman–Crippen MR) is 80.5 cm³/mol. The molecular weight excluding hydrogens is 256 g/mol. The fraction of sp³-hybridized carbons (Fsp3) is 0.200. The van der Waals surface area contributed by atoms with Crippen LogP contribution in [-0.2, 0) is 6.42 Å². The molecule has 2 aromatic rings. The van der Waals surface area contributed by atoms with E-state index in [4.69, 9.17) is 22.7 Å². The third-order valence-corrected chi connectivity index (χ3v) is 2.96. The van der Waals surface area contributed by atoms with Crippen LogP contribution in [-0.4, -0.2) is 16.6 Å². The lowest BCUT2D eigenvalue weighted by Gasteiger charge is -2.11. The van der Waals surface area contributed by atoms with Crippen LogP contribution in [0, 0.1) is 6.92 Å². The first-order chi connectivity index (χ1) is 9.16. The van der Waals surface area contributed by atoms with Crippen molar-refractivity contribution in [1.29, 1.82) is 0 Å². The number of rotatable bonds is 5. The lowest BCUT2D eigenvalue weighted by Crippen LogP contribution is -2.13. The van der Waals surface area contributed by atoms with Crippen molar-refractivity contribution in [3.63, 3.8) is 0 Å². The van der Waals surface area contributed by atoms with E-state index in [1.54, 1.807) is 6.20 Å². The zero-order valence-electron chi connectivity index (χ0n) is 10.8. The third kappa shape index (κ3) is 3.76. The second-order valence-electron chi connectivity index (χ2n) is 4.28. The van der Waals surface area contributed by atoms with Gasteiger partial charge in [-0.3, -0.25) is 4.98 Å². The van der Waals surface area contributed by atoms with Gasteiger partial charge in [0.2, 0.25) is 0 Å². The zero-order valence-corrected chi connectivity index (χ0v) is 11.6. The molecule has 0 aliphatic carbocycles. The number of ether oxygens (including phenoxy) is 1. The summed E-state index contributed by atoms with van der Waals surface area (Å²) >= 11 is 5.02. The van der Waals surface area contributed by atoms with Crippen LogP contribution in [0.25, 0.3) is 0 Å². The molecule has 0 saturated carbocycles. The van der Waals surface area contributed by atoms with Crippen molar-refractivity contribution >= 4 is 17.2 Å². The predicted octanol–water partition coefficient (Wildman–Crippen LogP) is 2.65. The number of hydrogen-bond acceptors (Lipinski definition) is 3. The summed E-state index contributed by atoms with van der Waals surface area (Å²) < 4.78 is 5.78. The second-order valence-corrected chi connectivity index (χ2v) is 4.72. The highest BCUT2D eigenvalue weighted by Crippen LogP contribution is 2.20. The largest absolute Gasteiger partial charge is 0.492 e. The highest BCUT2D eigenvalue weighted by Gasteiger charge is 2.06. The highest BCUT2D eigenvalue weighted by atomic mass is 32.1. The number of thiocarbonyl (C=S) groups is 1. The minimum absolute atomic E-state index is 0.354. The molecule has 0 aliphatic heterocycles. The maximum absolute atomic E-state index is 5.78. The Balaban J connectivity index is 2.03. The van der Waals surface area contributed by atoms with Crippen LogP contribution in [0.4, 0.5) is 0 Å². The van der Waals surface area contributed by atoms with Crippen LogP contribution in [0.3, 0.4) is 0 Å². The molecule has 0 spiro atoms. The fourth-order valence-corrected chi connectivity index (χ4v) is 1.93. The number of nitrogens with zero attached hydrogens (tertiary/aromatic N) is 1. The molecular formula is C15H16N2OS. The highest BCUT2D eigenvalue weighted by molar-refractivity contribution is 7.80. The molecule has 1 heterocycles. The molecule has 4 heteroatoms. The normalized spacial score (nSPS) is 10.2. The van der Waals surface area contributed by atoms with Crippen LogP contribution in [0.15, 0.2) is 42.6 Å². The van der Waals surface area contributed by atoms with Crippen molar-refractivity contribution < 1.29 is 4.74 Å². The summed E-state index contributed by atoms with van der Waals surface area (Å²) in [5, 5.41) is 0. The van der Waals surface area contributed by atoms with Gasteiger partial charge in [0.15, 0.2) is 0 Å². The van der Waals surface area contributed by atoms with E-state index in [1.807, 2.05) is 43.3 Å². The number of pyridine rings is 1. The van der Waals surface area contributed by atoms with E-state index in [0.29, 0.717) is 11.6 Å². The van der Waals surface area contributed by atoms with E-state index in [-0.39, 0.29) is 0 Å². The molecule has 0 bridgehead atoms. The van der Waals surface area contributed by atoms with Gasteiger partial charge < -0.3 is 10.5 Å². The fourth-order valence-electron chi connectivity index (χ4n) is 1.76. The molecule has 2 rings (SSSR count). The number of aromatic nitrogens is 1. The van der Waals surface area contributed by atoms with Crippen molar-refractivity contribution in [2.24, 2.45) is 5.73 Å². The Labute approximate surface area is 118 Å². The lowest BCUT2D eigenvalue weighted by atomic mass is 10.1. The van der Waals surface area contributed by atoms with Gasteiger partial charge in [0.05, 0.1) is 12.2 Å². The van der Waals surface area contributed by atoms with Crippen LogP contribution in [0.5, 0.6) is 5.75 Å². The van der Waals surface area contributed by atoms with E-state index in [0.717, 1.165) is 29.0 Å². The van der Waals surface area contributed by atoms with Crippen molar-refractivity contribution in [2.75, 3.05) is 6.61 Å². The molecule has 0 saturated heterocycles. The first kappa shape index (κ1) is 13.5. The average Bonchev–Trinajstić information content (AvgIpc) is 2.39. The monoisotopic (exact) mass is 272 g/mol. The number of benzene rings is 1. The first-order valence-corrected chi connectivity index (χ1v) is 6.51. The quantitative estimate of drug-likeness (QED) is 0.850. The second kappa shape index (κ2) is 6.29. The van der Waals surface area contributed by atoms with Gasteiger partial charge in [0, 0.05) is 18.3 Å². The molecule has 3 nitrogen and oxygen atoms in total. The third-order valence-electron chi connectivity index (χ3n) is 2.74. The maximum Gasteiger partial charge on any atom is 0.129 e. The summed E-state index contributed by atoms with van der Waals surface area (Å²) in [7, 11) is 0. The Morgan fingerprint density at radius 2 is 2.16 bits per heavy atom. The van der Waals surface area contributed by atoms with E-state index >= 15 is 0 Å². The van der Waals surface area contributed by atoms with Gasteiger partial charge in [-0.1, -0.05) is 24.4 Å². The van der Waals surface area contributed by atoms with Gasteiger partial charge in [-0.2, -0.15) is 0 Å². The van der Waals surface area contributed by atoms with Gasteiger partial charge in [-0.05, 0) is 36.8 Å². The van der Waals surface area contributed by atoms with Gasteiger partial charge in [-0.15, -0.1) is 0 Å². The standard InChI is InChI=1S/C15H16N2OS/c1-11-5-6-13(15(16)19)14(10-11)18-9-7-12-4-2-3-8-17-12/h2-6,8,10H,7,9H2,1H3,(H2,16,19). The Morgan fingerprint density at radius 1 is 1.32 bits per heavy atom. The SMILES string of the molecule is Cc1ccc(C(N)=S)c(OCCc2ccccn2)c1. The smallest absolute Gasteiger partial charge is 0.129 e. The van der Waals surface area contributed by atoms with E-state index in [1.165, 1.54) is 0 Å². The minimum Gasteiger partial charge on any atom is -0.492 e. The lowest BCUT2D eigenvalue weighted by molar-refractivity contribution is 0.320. The zero-order chi connectivity index (χ0) is 13.7. The molecule has 0 atom stereocenters. The molecule has 98 valence electrons. The van der Waals surface area contributed by atoms with E-state index in [2.05, 4.69) is 4.98 Å². The molecule has 0 unspecified atom stereocenters.